The minimum Gasteiger partial charge on any atom is -0.354 e. The van der Waals surface area contributed by atoms with Gasteiger partial charge in [-0.2, -0.15) is 0 Å². The molecule has 2 aromatic rings. The largest absolute Gasteiger partial charge is 0.354 e. The van der Waals surface area contributed by atoms with E-state index in [1.54, 1.807) is 12.3 Å². The number of hydrogen-bond donors (Lipinski definition) is 2. The lowest BCUT2D eigenvalue weighted by molar-refractivity contribution is -0.114. The van der Waals surface area contributed by atoms with E-state index in [2.05, 4.69) is 47.7 Å². The molecule has 1 aromatic carbocycles. The summed E-state index contributed by atoms with van der Waals surface area (Å²) in [5.41, 5.74) is 4.34. The molecule has 0 aliphatic carbocycles. The average Bonchev–Trinajstić information content (AvgIpc) is 2.35. The summed E-state index contributed by atoms with van der Waals surface area (Å²) in [7, 11) is 0. The van der Waals surface area contributed by atoms with Crippen LogP contribution in [0, 0.1) is 13.8 Å². The molecule has 0 unspecified atom stereocenters. The summed E-state index contributed by atoms with van der Waals surface area (Å²) in [6.07, 6.45) is 1.70. The molecular formula is C15H17N3O. The van der Waals surface area contributed by atoms with Gasteiger partial charge in [-0.3, -0.25) is 4.79 Å². The Labute approximate surface area is 112 Å². The monoisotopic (exact) mass is 255 g/mol. The summed E-state index contributed by atoms with van der Waals surface area (Å²) in [4.78, 5) is 15.1. The SMILES string of the molecule is CC(=O)Nc1ccc(Nc2cc(C)ccc2C)cn1. The van der Waals surface area contributed by atoms with E-state index in [1.807, 2.05) is 6.07 Å². The number of nitrogens with zero attached hydrogens (tertiary/aromatic N) is 1. The second kappa shape index (κ2) is 5.52. The van der Waals surface area contributed by atoms with Crippen molar-refractivity contribution in [1.82, 2.24) is 4.98 Å². The van der Waals surface area contributed by atoms with Gasteiger partial charge in [0.25, 0.3) is 0 Å². The number of rotatable bonds is 3. The van der Waals surface area contributed by atoms with Crippen molar-refractivity contribution in [3.63, 3.8) is 0 Å². The van der Waals surface area contributed by atoms with Crippen molar-refractivity contribution in [2.45, 2.75) is 20.8 Å². The first-order valence-corrected chi connectivity index (χ1v) is 6.12. The van der Waals surface area contributed by atoms with Gasteiger partial charge in [-0.1, -0.05) is 12.1 Å². The van der Waals surface area contributed by atoms with Crippen molar-refractivity contribution in [3.05, 3.63) is 47.7 Å². The molecule has 0 atom stereocenters. The fraction of sp³-hybridized carbons (Fsp3) is 0.200. The molecular weight excluding hydrogens is 238 g/mol. The van der Waals surface area contributed by atoms with E-state index in [9.17, 15) is 4.79 Å². The molecule has 19 heavy (non-hydrogen) atoms. The molecule has 0 radical (unpaired) electrons. The van der Waals surface area contributed by atoms with Crippen LogP contribution in [-0.4, -0.2) is 10.9 Å². The highest BCUT2D eigenvalue weighted by molar-refractivity contribution is 5.87. The summed E-state index contributed by atoms with van der Waals surface area (Å²) in [6, 6.07) is 9.92. The van der Waals surface area contributed by atoms with Crippen molar-refractivity contribution in [2.24, 2.45) is 0 Å². The highest BCUT2D eigenvalue weighted by atomic mass is 16.1. The van der Waals surface area contributed by atoms with E-state index in [4.69, 9.17) is 0 Å². The van der Waals surface area contributed by atoms with E-state index in [0.717, 1.165) is 11.4 Å². The molecule has 98 valence electrons. The maximum Gasteiger partial charge on any atom is 0.222 e. The van der Waals surface area contributed by atoms with Crippen molar-refractivity contribution < 1.29 is 4.79 Å². The number of nitrogens with one attached hydrogen (secondary N) is 2. The lowest BCUT2D eigenvalue weighted by atomic mass is 10.1. The molecule has 0 aliphatic heterocycles. The Morgan fingerprint density at radius 2 is 1.95 bits per heavy atom. The van der Waals surface area contributed by atoms with Gasteiger partial charge in [0.1, 0.15) is 5.82 Å². The zero-order chi connectivity index (χ0) is 13.8. The lowest BCUT2D eigenvalue weighted by Crippen LogP contribution is -2.07. The van der Waals surface area contributed by atoms with Gasteiger partial charge in [-0.15, -0.1) is 0 Å². The molecule has 2 rings (SSSR count). The van der Waals surface area contributed by atoms with Gasteiger partial charge in [0.2, 0.25) is 5.91 Å². The van der Waals surface area contributed by atoms with Crippen LogP contribution in [0.4, 0.5) is 17.2 Å². The van der Waals surface area contributed by atoms with Crippen LogP contribution in [0.1, 0.15) is 18.1 Å². The molecule has 1 aromatic heterocycles. The molecule has 1 heterocycles. The smallest absolute Gasteiger partial charge is 0.222 e. The van der Waals surface area contributed by atoms with Crippen molar-refractivity contribution in [1.29, 1.82) is 0 Å². The lowest BCUT2D eigenvalue weighted by Gasteiger charge is -2.10. The highest BCUT2D eigenvalue weighted by Gasteiger charge is 2.01. The minimum absolute atomic E-state index is 0.122. The Balaban J connectivity index is 2.15. The van der Waals surface area contributed by atoms with Gasteiger partial charge in [0, 0.05) is 12.6 Å². The molecule has 0 bridgehead atoms. The third-order valence-electron chi connectivity index (χ3n) is 2.74. The average molecular weight is 255 g/mol. The number of aromatic nitrogens is 1. The van der Waals surface area contributed by atoms with Gasteiger partial charge < -0.3 is 10.6 Å². The number of carbonyl (C=O) groups excluding carboxylic acids is 1. The van der Waals surface area contributed by atoms with Crippen LogP contribution in [0.5, 0.6) is 0 Å². The number of pyridine rings is 1. The molecule has 2 N–H and O–H groups in total. The van der Waals surface area contributed by atoms with E-state index >= 15 is 0 Å². The molecule has 4 nitrogen and oxygen atoms in total. The summed E-state index contributed by atoms with van der Waals surface area (Å²) >= 11 is 0. The predicted molar refractivity (Wildman–Crippen MR) is 77.7 cm³/mol. The summed E-state index contributed by atoms with van der Waals surface area (Å²) in [6.45, 7) is 5.58. The van der Waals surface area contributed by atoms with Crippen LogP contribution >= 0.6 is 0 Å². The number of anilines is 3. The van der Waals surface area contributed by atoms with Crippen LogP contribution in [0.2, 0.25) is 0 Å². The summed E-state index contributed by atoms with van der Waals surface area (Å²) < 4.78 is 0. The summed E-state index contributed by atoms with van der Waals surface area (Å²) in [5, 5.41) is 5.96. The summed E-state index contributed by atoms with van der Waals surface area (Å²) in [5.74, 6) is 0.432. The Bertz CT molecular complexity index is 591. The van der Waals surface area contributed by atoms with Crippen molar-refractivity contribution in [2.75, 3.05) is 10.6 Å². The third kappa shape index (κ3) is 3.55. The topological polar surface area (TPSA) is 54.0 Å². The third-order valence-corrected chi connectivity index (χ3v) is 2.74. The molecule has 4 heteroatoms. The van der Waals surface area contributed by atoms with Crippen molar-refractivity contribution >= 4 is 23.1 Å². The molecule has 0 fully saturated rings. The zero-order valence-corrected chi connectivity index (χ0v) is 11.3. The van der Waals surface area contributed by atoms with Gasteiger partial charge in [-0.05, 0) is 43.2 Å². The van der Waals surface area contributed by atoms with Gasteiger partial charge in [-0.25, -0.2) is 4.98 Å². The molecule has 0 aliphatic rings. The molecule has 1 amide bonds. The maximum absolute atomic E-state index is 10.9. The van der Waals surface area contributed by atoms with E-state index in [-0.39, 0.29) is 5.91 Å². The molecule has 0 saturated heterocycles. The maximum atomic E-state index is 10.9. The first-order chi connectivity index (χ1) is 9.04. The number of aryl methyl sites for hydroxylation is 2. The fourth-order valence-corrected chi connectivity index (χ4v) is 1.75. The fourth-order valence-electron chi connectivity index (χ4n) is 1.75. The van der Waals surface area contributed by atoms with Crippen LogP contribution in [-0.2, 0) is 4.79 Å². The Morgan fingerprint density at radius 1 is 1.16 bits per heavy atom. The first kappa shape index (κ1) is 13.1. The van der Waals surface area contributed by atoms with Crippen LogP contribution in [0.15, 0.2) is 36.5 Å². The number of hydrogen-bond acceptors (Lipinski definition) is 3. The van der Waals surface area contributed by atoms with Crippen LogP contribution in [0.3, 0.4) is 0 Å². The van der Waals surface area contributed by atoms with Gasteiger partial charge in [0.15, 0.2) is 0 Å². The van der Waals surface area contributed by atoms with Crippen molar-refractivity contribution in [3.8, 4) is 0 Å². The Hall–Kier alpha value is -2.36. The molecule has 0 spiro atoms. The number of carbonyl (C=O) groups is 1. The minimum atomic E-state index is -0.122. The van der Waals surface area contributed by atoms with Crippen LogP contribution in [0.25, 0.3) is 0 Å². The number of amides is 1. The van der Waals surface area contributed by atoms with E-state index in [1.165, 1.54) is 18.1 Å². The highest BCUT2D eigenvalue weighted by Crippen LogP contribution is 2.21. The number of benzene rings is 1. The first-order valence-electron chi connectivity index (χ1n) is 6.12. The second-order valence-corrected chi connectivity index (χ2v) is 4.56. The van der Waals surface area contributed by atoms with Gasteiger partial charge >= 0.3 is 0 Å². The zero-order valence-electron chi connectivity index (χ0n) is 11.3. The normalized spacial score (nSPS) is 10.1. The standard InChI is InChI=1S/C15H17N3O/c1-10-4-5-11(2)14(8-10)18-13-6-7-15(16-9-13)17-12(3)19/h4-9,18H,1-3H3,(H,16,17,19). The van der Waals surface area contributed by atoms with E-state index < -0.39 is 0 Å². The predicted octanol–water partition coefficient (Wildman–Crippen LogP) is 3.40. The molecule has 0 saturated carbocycles. The Kier molecular flexibility index (Phi) is 3.80. The quantitative estimate of drug-likeness (QED) is 0.883. The van der Waals surface area contributed by atoms with Crippen LogP contribution < -0.4 is 10.6 Å². The second-order valence-electron chi connectivity index (χ2n) is 4.56. The van der Waals surface area contributed by atoms with E-state index in [0.29, 0.717) is 5.82 Å². The van der Waals surface area contributed by atoms with Gasteiger partial charge in [0.05, 0.1) is 11.9 Å². The Morgan fingerprint density at radius 3 is 2.58 bits per heavy atom.